The number of anilines is 1. The largest absolute Gasteiger partial charge is 0.484 e. The molecule has 0 saturated heterocycles. The Kier molecular flexibility index (Phi) is 4.14. The number of aromatic nitrogens is 1. The average Bonchev–Trinajstić information content (AvgIpc) is 3.01. The van der Waals surface area contributed by atoms with Gasteiger partial charge in [-0.3, -0.25) is 14.9 Å². The first kappa shape index (κ1) is 16.3. The van der Waals surface area contributed by atoms with Crippen molar-refractivity contribution in [1.29, 1.82) is 0 Å². The number of fused-ring (bicyclic) bond motifs is 2. The first-order chi connectivity index (χ1) is 12.6. The molecule has 26 heavy (non-hydrogen) atoms. The van der Waals surface area contributed by atoms with Gasteiger partial charge in [-0.15, -0.1) is 0 Å². The van der Waals surface area contributed by atoms with E-state index in [2.05, 4.69) is 10.3 Å². The lowest BCUT2D eigenvalue weighted by atomic mass is 10.2. The maximum Gasteiger partial charge on any atom is 0.264 e. The minimum atomic E-state index is -0.310. The molecule has 0 aliphatic rings. The zero-order valence-corrected chi connectivity index (χ0v) is 14.6. The number of carbonyl (C=O) groups excluding carboxylic acids is 1. The van der Waals surface area contributed by atoms with E-state index in [-0.39, 0.29) is 17.9 Å². The van der Waals surface area contributed by atoms with Gasteiger partial charge in [-0.1, -0.05) is 17.4 Å². The molecule has 4 rings (SSSR count). The predicted octanol–water partition coefficient (Wildman–Crippen LogP) is 3.73. The van der Waals surface area contributed by atoms with Gasteiger partial charge in [0.1, 0.15) is 11.3 Å². The average molecular weight is 366 g/mol. The van der Waals surface area contributed by atoms with E-state index in [1.165, 1.54) is 23.7 Å². The van der Waals surface area contributed by atoms with Gasteiger partial charge in [0.15, 0.2) is 17.2 Å². The van der Waals surface area contributed by atoms with E-state index in [9.17, 15) is 9.59 Å². The molecule has 130 valence electrons. The first-order valence-electron chi connectivity index (χ1n) is 7.90. The van der Waals surface area contributed by atoms with E-state index in [0.717, 1.165) is 15.8 Å². The van der Waals surface area contributed by atoms with Crippen molar-refractivity contribution in [3.05, 3.63) is 64.5 Å². The molecular formula is C19H14N2O4S. The van der Waals surface area contributed by atoms with Crippen LogP contribution < -0.4 is 15.5 Å². The lowest BCUT2D eigenvalue weighted by Crippen LogP contribution is -2.20. The summed E-state index contributed by atoms with van der Waals surface area (Å²) >= 11 is 1.42. The molecule has 0 unspecified atom stereocenters. The van der Waals surface area contributed by atoms with Crippen molar-refractivity contribution in [3.63, 3.8) is 0 Å². The third-order valence-electron chi connectivity index (χ3n) is 3.79. The van der Waals surface area contributed by atoms with Crippen LogP contribution in [0.25, 0.3) is 21.2 Å². The number of amides is 1. The van der Waals surface area contributed by atoms with Crippen LogP contribution in [0.5, 0.6) is 5.75 Å². The van der Waals surface area contributed by atoms with Gasteiger partial charge in [0, 0.05) is 12.1 Å². The molecule has 1 N–H and O–H groups in total. The lowest BCUT2D eigenvalue weighted by molar-refractivity contribution is -0.118. The number of hydrogen-bond donors (Lipinski definition) is 1. The summed E-state index contributed by atoms with van der Waals surface area (Å²) in [6, 6.07) is 12.1. The Morgan fingerprint density at radius 3 is 3.00 bits per heavy atom. The van der Waals surface area contributed by atoms with Crippen LogP contribution in [0.3, 0.4) is 0 Å². The van der Waals surface area contributed by atoms with Gasteiger partial charge in [0.25, 0.3) is 5.91 Å². The number of benzene rings is 2. The molecule has 0 atom stereocenters. The Hall–Kier alpha value is -3.19. The molecule has 7 heteroatoms. The summed E-state index contributed by atoms with van der Waals surface area (Å²) in [6.45, 7) is 1.84. The van der Waals surface area contributed by atoms with Crippen molar-refractivity contribution in [2.24, 2.45) is 0 Å². The highest BCUT2D eigenvalue weighted by atomic mass is 32.1. The summed E-state index contributed by atoms with van der Waals surface area (Å²) < 4.78 is 11.8. The maximum atomic E-state index is 12.1. The van der Waals surface area contributed by atoms with E-state index in [1.54, 1.807) is 18.2 Å². The molecule has 0 spiro atoms. The lowest BCUT2D eigenvalue weighted by Gasteiger charge is -2.06. The highest BCUT2D eigenvalue weighted by molar-refractivity contribution is 7.22. The summed E-state index contributed by atoms with van der Waals surface area (Å²) in [4.78, 5) is 28.2. The van der Waals surface area contributed by atoms with Crippen LogP contribution in [0.4, 0.5) is 5.13 Å². The highest BCUT2D eigenvalue weighted by Gasteiger charge is 2.09. The van der Waals surface area contributed by atoms with Crippen molar-refractivity contribution in [3.8, 4) is 5.75 Å². The topological polar surface area (TPSA) is 81.4 Å². The summed E-state index contributed by atoms with van der Waals surface area (Å²) in [5.41, 5.74) is 2.28. The fraction of sp³-hybridized carbons (Fsp3) is 0.105. The van der Waals surface area contributed by atoms with Crippen molar-refractivity contribution in [1.82, 2.24) is 4.98 Å². The number of ether oxygens (including phenoxy) is 1. The second kappa shape index (κ2) is 6.61. The van der Waals surface area contributed by atoms with E-state index < -0.39 is 0 Å². The molecular weight excluding hydrogens is 352 g/mol. The molecule has 2 heterocycles. The Labute approximate surface area is 152 Å². The molecule has 0 bridgehead atoms. The Morgan fingerprint density at radius 1 is 1.23 bits per heavy atom. The quantitative estimate of drug-likeness (QED) is 0.595. The number of thiazole rings is 1. The Morgan fingerprint density at radius 2 is 2.12 bits per heavy atom. The third-order valence-corrected chi connectivity index (χ3v) is 4.73. The SMILES string of the molecule is Cc1ccc2nc(NC(=O)COc3ccc4c(=O)ccoc4c3)sc2c1. The van der Waals surface area contributed by atoms with Gasteiger partial charge in [-0.25, -0.2) is 4.98 Å². The van der Waals surface area contributed by atoms with Gasteiger partial charge in [0.2, 0.25) is 0 Å². The minimum Gasteiger partial charge on any atom is -0.484 e. The number of nitrogens with one attached hydrogen (secondary N) is 1. The fourth-order valence-electron chi connectivity index (χ4n) is 2.54. The fourth-order valence-corrected chi connectivity index (χ4v) is 3.52. The van der Waals surface area contributed by atoms with E-state index in [1.807, 2.05) is 25.1 Å². The molecule has 4 aromatic rings. The molecule has 6 nitrogen and oxygen atoms in total. The molecule has 0 aliphatic carbocycles. The van der Waals surface area contributed by atoms with Gasteiger partial charge in [-0.2, -0.15) is 0 Å². The minimum absolute atomic E-state index is 0.124. The number of carbonyl (C=O) groups is 1. The van der Waals surface area contributed by atoms with E-state index in [0.29, 0.717) is 21.9 Å². The first-order valence-corrected chi connectivity index (χ1v) is 8.71. The molecule has 0 fully saturated rings. The molecule has 2 aromatic heterocycles. The highest BCUT2D eigenvalue weighted by Crippen LogP contribution is 2.26. The summed E-state index contributed by atoms with van der Waals surface area (Å²) in [5, 5.41) is 3.74. The van der Waals surface area contributed by atoms with Crippen LogP contribution in [-0.4, -0.2) is 17.5 Å². The second-order valence-electron chi connectivity index (χ2n) is 5.77. The normalized spacial score (nSPS) is 11.0. The van der Waals surface area contributed by atoms with Crippen LogP contribution in [0, 0.1) is 6.92 Å². The van der Waals surface area contributed by atoms with E-state index >= 15 is 0 Å². The number of hydrogen-bond acceptors (Lipinski definition) is 6. The number of nitrogens with zero attached hydrogens (tertiary/aromatic N) is 1. The molecule has 0 saturated carbocycles. The number of rotatable bonds is 4. The van der Waals surface area contributed by atoms with Crippen molar-refractivity contribution >= 4 is 43.6 Å². The molecule has 2 aromatic carbocycles. The van der Waals surface area contributed by atoms with Gasteiger partial charge in [-0.05, 0) is 36.8 Å². The van der Waals surface area contributed by atoms with Crippen molar-refractivity contribution in [2.45, 2.75) is 6.92 Å². The Balaban J connectivity index is 1.44. The van der Waals surface area contributed by atoms with E-state index in [4.69, 9.17) is 9.15 Å². The second-order valence-corrected chi connectivity index (χ2v) is 6.80. The summed E-state index contributed by atoms with van der Waals surface area (Å²) in [6.07, 6.45) is 1.33. The molecule has 0 aliphatic heterocycles. The van der Waals surface area contributed by atoms with Crippen LogP contribution >= 0.6 is 11.3 Å². The monoisotopic (exact) mass is 366 g/mol. The standard InChI is InChI=1S/C19H14N2O4S/c1-11-2-5-14-17(8-11)26-19(20-14)21-18(23)10-25-12-3-4-13-15(22)6-7-24-16(13)9-12/h2-9H,10H2,1H3,(H,20,21,23). The zero-order chi connectivity index (χ0) is 18.1. The smallest absolute Gasteiger partial charge is 0.264 e. The van der Waals surface area contributed by atoms with Gasteiger partial charge < -0.3 is 9.15 Å². The van der Waals surface area contributed by atoms with Gasteiger partial charge in [0.05, 0.1) is 21.9 Å². The van der Waals surface area contributed by atoms with Crippen LogP contribution in [0.15, 0.2) is 57.9 Å². The third kappa shape index (κ3) is 3.29. The van der Waals surface area contributed by atoms with Crippen LogP contribution in [-0.2, 0) is 4.79 Å². The van der Waals surface area contributed by atoms with Crippen LogP contribution in [0.2, 0.25) is 0 Å². The molecule has 0 radical (unpaired) electrons. The molecule has 1 amide bonds. The van der Waals surface area contributed by atoms with Gasteiger partial charge >= 0.3 is 0 Å². The predicted molar refractivity (Wildman–Crippen MR) is 101 cm³/mol. The maximum absolute atomic E-state index is 12.1. The van der Waals surface area contributed by atoms with Crippen molar-refractivity contribution < 1.29 is 13.9 Å². The summed E-state index contributed by atoms with van der Waals surface area (Å²) in [5.74, 6) is 0.136. The number of aryl methyl sites for hydroxylation is 1. The summed E-state index contributed by atoms with van der Waals surface area (Å²) in [7, 11) is 0. The van der Waals surface area contributed by atoms with Crippen molar-refractivity contribution in [2.75, 3.05) is 11.9 Å². The zero-order valence-electron chi connectivity index (χ0n) is 13.8. The Bertz CT molecular complexity index is 1180. The van der Waals surface area contributed by atoms with Crippen LogP contribution in [0.1, 0.15) is 5.56 Å².